The quantitative estimate of drug-likeness (QED) is 0.384. The van der Waals surface area contributed by atoms with Crippen LogP contribution in [0.3, 0.4) is 0 Å². The van der Waals surface area contributed by atoms with Gasteiger partial charge in [0.2, 0.25) is 0 Å². The van der Waals surface area contributed by atoms with Crippen molar-refractivity contribution in [1.82, 2.24) is 9.38 Å². The van der Waals surface area contributed by atoms with Gasteiger partial charge in [0, 0.05) is 43.6 Å². The summed E-state index contributed by atoms with van der Waals surface area (Å²) in [6.07, 6.45) is 1.79. The summed E-state index contributed by atoms with van der Waals surface area (Å²) >= 11 is 0. The zero-order chi connectivity index (χ0) is 27.7. The molecule has 9 heteroatoms. The van der Waals surface area contributed by atoms with Crippen molar-refractivity contribution < 1.29 is 9.90 Å². The van der Waals surface area contributed by atoms with E-state index in [2.05, 4.69) is 21.2 Å². The molecule has 1 saturated heterocycles. The Labute approximate surface area is 226 Å². The molecule has 0 saturated carbocycles. The second kappa shape index (κ2) is 10.5. The molecular weight excluding hydrogens is 492 g/mol. The van der Waals surface area contributed by atoms with Crippen LogP contribution >= 0.6 is 0 Å². The Morgan fingerprint density at radius 1 is 1.05 bits per heavy atom. The van der Waals surface area contributed by atoms with E-state index >= 15 is 0 Å². The van der Waals surface area contributed by atoms with E-state index in [0.29, 0.717) is 54.5 Å². The van der Waals surface area contributed by atoms with E-state index in [1.807, 2.05) is 44.2 Å². The molecule has 3 heterocycles. The van der Waals surface area contributed by atoms with Gasteiger partial charge in [-0.3, -0.25) is 9.20 Å². The summed E-state index contributed by atoms with van der Waals surface area (Å²) in [4.78, 5) is 34.6. The van der Waals surface area contributed by atoms with Crippen LogP contribution in [0.15, 0.2) is 65.6 Å². The number of hydrogen-bond donors (Lipinski definition) is 2. The number of anilines is 3. The molecule has 1 aliphatic heterocycles. The molecule has 39 heavy (non-hydrogen) atoms. The highest BCUT2D eigenvalue weighted by Gasteiger charge is 2.24. The average molecular weight is 523 g/mol. The Bertz CT molecular complexity index is 1660. The number of aromatic carboxylic acids is 1. The Morgan fingerprint density at radius 3 is 2.44 bits per heavy atom. The number of nitriles is 1. The van der Waals surface area contributed by atoms with E-state index in [0.717, 1.165) is 16.8 Å². The molecule has 198 valence electrons. The van der Waals surface area contributed by atoms with E-state index in [-0.39, 0.29) is 17.2 Å². The minimum Gasteiger partial charge on any atom is -0.478 e. The van der Waals surface area contributed by atoms with E-state index in [1.54, 1.807) is 41.8 Å². The molecule has 5 rings (SSSR count). The van der Waals surface area contributed by atoms with Gasteiger partial charge in [-0.05, 0) is 56.7 Å². The third kappa shape index (κ3) is 4.89. The molecule has 9 nitrogen and oxygen atoms in total. The SMILES string of the molecule is Cc1cc([C@@H](C)Nc2ccccc2C(=O)O)c2nc(N3CCN(c4ccccc4C#N)CC3)c(C)c(=O)n2c1. The minimum atomic E-state index is -1.01. The van der Waals surface area contributed by atoms with Gasteiger partial charge in [0.1, 0.15) is 17.5 Å². The van der Waals surface area contributed by atoms with Crippen molar-refractivity contribution in [2.24, 2.45) is 0 Å². The first-order chi connectivity index (χ1) is 18.8. The highest BCUT2D eigenvalue weighted by atomic mass is 16.4. The summed E-state index contributed by atoms with van der Waals surface area (Å²) in [5, 5.41) is 22.4. The fraction of sp³-hybridized carbons (Fsp3) is 0.267. The van der Waals surface area contributed by atoms with Gasteiger partial charge < -0.3 is 20.2 Å². The van der Waals surface area contributed by atoms with Crippen molar-refractivity contribution >= 4 is 28.8 Å². The predicted octanol–water partition coefficient (Wildman–Crippen LogP) is 4.38. The van der Waals surface area contributed by atoms with Gasteiger partial charge >= 0.3 is 5.97 Å². The molecule has 1 fully saturated rings. The van der Waals surface area contributed by atoms with Gasteiger partial charge in [-0.25, -0.2) is 9.78 Å². The molecule has 0 radical (unpaired) electrons. The number of carbonyl (C=O) groups is 1. The van der Waals surface area contributed by atoms with E-state index in [1.165, 1.54) is 0 Å². The summed E-state index contributed by atoms with van der Waals surface area (Å²) in [6.45, 7) is 8.38. The highest BCUT2D eigenvalue weighted by molar-refractivity contribution is 5.94. The molecule has 1 atom stereocenters. The number of piperazine rings is 1. The molecule has 4 aromatic rings. The van der Waals surface area contributed by atoms with Gasteiger partial charge in [0.05, 0.1) is 28.4 Å². The number of rotatable bonds is 6. The Hall–Kier alpha value is -4.84. The van der Waals surface area contributed by atoms with Crippen molar-refractivity contribution in [3.63, 3.8) is 0 Å². The topological polar surface area (TPSA) is 114 Å². The maximum absolute atomic E-state index is 13.5. The number of fused-ring (bicyclic) bond motifs is 1. The van der Waals surface area contributed by atoms with E-state index < -0.39 is 5.97 Å². The summed E-state index contributed by atoms with van der Waals surface area (Å²) in [6, 6.07) is 18.3. The number of para-hydroxylation sites is 2. The van der Waals surface area contributed by atoms with Crippen LogP contribution in [0.1, 0.15) is 45.6 Å². The van der Waals surface area contributed by atoms with Crippen molar-refractivity contribution in [3.05, 3.63) is 99.0 Å². The van der Waals surface area contributed by atoms with Crippen LogP contribution in [0.5, 0.6) is 0 Å². The molecule has 0 amide bonds. The van der Waals surface area contributed by atoms with Crippen molar-refractivity contribution in [2.75, 3.05) is 41.3 Å². The Kier molecular flexibility index (Phi) is 6.94. The summed E-state index contributed by atoms with van der Waals surface area (Å²) in [7, 11) is 0. The number of nitrogens with zero attached hydrogens (tertiary/aromatic N) is 5. The number of aromatic nitrogens is 2. The first-order valence-electron chi connectivity index (χ1n) is 12.9. The van der Waals surface area contributed by atoms with Crippen LogP contribution < -0.4 is 20.7 Å². The number of carboxylic acid groups (broad SMARTS) is 1. The van der Waals surface area contributed by atoms with Crippen LogP contribution in [0, 0.1) is 25.2 Å². The van der Waals surface area contributed by atoms with Gasteiger partial charge in [0.15, 0.2) is 0 Å². The average Bonchev–Trinajstić information content (AvgIpc) is 2.95. The number of benzene rings is 2. The van der Waals surface area contributed by atoms with Gasteiger partial charge in [-0.15, -0.1) is 0 Å². The van der Waals surface area contributed by atoms with E-state index in [9.17, 15) is 20.0 Å². The number of nitrogens with one attached hydrogen (secondary N) is 1. The molecule has 0 aliphatic carbocycles. The lowest BCUT2D eigenvalue weighted by Crippen LogP contribution is -2.47. The van der Waals surface area contributed by atoms with Crippen molar-refractivity contribution in [2.45, 2.75) is 26.8 Å². The molecule has 2 aromatic carbocycles. The molecule has 2 N–H and O–H groups in total. The first-order valence-corrected chi connectivity index (χ1v) is 12.9. The molecular formula is C30H30N6O3. The normalized spacial score (nSPS) is 14.2. The van der Waals surface area contributed by atoms with Crippen LogP contribution in [0.4, 0.5) is 17.2 Å². The van der Waals surface area contributed by atoms with E-state index in [4.69, 9.17) is 4.98 Å². The maximum Gasteiger partial charge on any atom is 0.337 e. The largest absolute Gasteiger partial charge is 0.478 e. The lowest BCUT2D eigenvalue weighted by Gasteiger charge is -2.37. The second-order valence-electron chi connectivity index (χ2n) is 9.85. The van der Waals surface area contributed by atoms with Crippen LogP contribution in [-0.4, -0.2) is 46.6 Å². The second-order valence-corrected chi connectivity index (χ2v) is 9.85. The molecule has 1 aliphatic rings. The number of pyridine rings is 1. The zero-order valence-electron chi connectivity index (χ0n) is 22.2. The minimum absolute atomic E-state index is 0.129. The summed E-state index contributed by atoms with van der Waals surface area (Å²) in [5.41, 5.74) is 4.93. The van der Waals surface area contributed by atoms with Crippen LogP contribution in [0.2, 0.25) is 0 Å². The number of carboxylic acids is 1. The standard InChI is InChI=1S/C30H30N6O3/c1-19-16-24(21(3)32-25-10-6-5-9-23(25)30(38)39)28-33-27(20(2)29(37)36(28)18-19)35-14-12-34(13-15-35)26-11-7-4-8-22(26)17-31/h4-11,16,18,21,32H,12-15H2,1-3H3,(H,38,39)/t21-/m1/s1. The van der Waals surface area contributed by atoms with Gasteiger partial charge in [-0.2, -0.15) is 5.26 Å². The predicted molar refractivity (Wildman–Crippen MR) is 152 cm³/mol. The third-order valence-corrected chi connectivity index (χ3v) is 7.23. The van der Waals surface area contributed by atoms with Crippen molar-refractivity contribution in [3.8, 4) is 6.07 Å². The smallest absolute Gasteiger partial charge is 0.337 e. The van der Waals surface area contributed by atoms with Crippen LogP contribution in [-0.2, 0) is 0 Å². The number of aryl methyl sites for hydroxylation is 1. The fourth-order valence-corrected chi connectivity index (χ4v) is 5.22. The lowest BCUT2D eigenvalue weighted by atomic mass is 10.1. The molecule has 0 spiro atoms. The Balaban J connectivity index is 1.49. The van der Waals surface area contributed by atoms with Gasteiger partial charge in [-0.1, -0.05) is 24.3 Å². The number of hydrogen-bond acceptors (Lipinski definition) is 7. The third-order valence-electron chi connectivity index (χ3n) is 7.23. The zero-order valence-corrected chi connectivity index (χ0v) is 22.2. The highest BCUT2D eigenvalue weighted by Crippen LogP contribution is 2.28. The fourth-order valence-electron chi connectivity index (χ4n) is 5.22. The van der Waals surface area contributed by atoms with Crippen molar-refractivity contribution in [1.29, 1.82) is 5.26 Å². The maximum atomic E-state index is 13.5. The first kappa shape index (κ1) is 25.8. The molecule has 2 aromatic heterocycles. The van der Waals surface area contributed by atoms with Gasteiger partial charge in [0.25, 0.3) is 5.56 Å². The lowest BCUT2D eigenvalue weighted by molar-refractivity contribution is 0.0698. The Morgan fingerprint density at radius 2 is 1.72 bits per heavy atom. The summed E-state index contributed by atoms with van der Waals surface area (Å²) in [5.74, 6) is -0.361. The summed E-state index contributed by atoms with van der Waals surface area (Å²) < 4.78 is 1.59. The molecule has 0 bridgehead atoms. The van der Waals surface area contributed by atoms with Crippen LogP contribution in [0.25, 0.3) is 5.65 Å². The molecule has 0 unspecified atom stereocenters. The monoisotopic (exact) mass is 522 g/mol.